The number of imidazole rings is 1. The van der Waals surface area contributed by atoms with E-state index in [1.807, 2.05) is 41.0 Å². The summed E-state index contributed by atoms with van der Waals surface area (Å²) in [5.74, 6) is 0.939. The summed E-state index contributed by atoms with van der Waals surface area (Å²) < 4.78 is 6.99. The van der Waals surface area contributed by atoms with Crippen molar-refractivity contribution in [3.05, 3.63) is 72.3 Å². The summed E-state index contributed by atoms with van der Waals surface area (Å²) in [6.45, 7) is 2.02. The third-order valence-corrected chi connectivity index (χ3v) is 3.95. The Morgan fingerprint density at radius 3 is 2.88 bits per heavy atom. The maximum absolute atomic E-state index is 12.2. The van der Waals surface area contributed by atoms with Gasteiger partial charge < -0.3 is 9.73 Å². The second kappa shape index (κ2) is 6.20. The SMILES string of the molecule is Cc1ocnc1C(=O)NCc1cccnc1-n1cnc2ccccc21. The molecular formula is C18H15N5O2. The van der Waals surface area contributed by atoms with Crippen LogP contribution in [0.2, 0.25) is 0 Å². The summed E-state index contributed by atoms with van der Waals surface area (Å²) >= 11 is 0. The first-order valence-corrected chi connectivity index (χ1v) is 7.78. The number of rotatable bonds is 4. The van der Waals surface area contributed by atoms with Crippen molar-refractivity contribution in [3.8, 4) is 5.82 Å². The second-order valence-corrected chi connectivity index (χ2v) is 5.53. The number of fused-ring (bicyclic) bond motifs is 1. The summed E-state index contributed by atoms with van der Waals surface area (Å²) in [6, 6.07) is 11.6. The lowest BCUT2D eigenvalue weighted by atomic mass is 10.2. The average Bonchev–Trinajstić information content (AvgIpc) is 3.26. The normalized spacial score (nSPS) is 10.9. The highest BCUT2D eigenvalue weighted by Gasteiger charge is 2.15. The van der Waals surface area contributed by atoms with E-state index in [0.29, 0.717) is 18.0 Å². The van der Waals surface area contributed by atoms with Gasteiger partial charge in [0.15, 0.2) is 12.1 Å². The van der Waals surface area contributed by atoms with Crippen molar-refractivity contribution in [2.45, 2.75) is 13.5 Å². The van der Waals surface area contributed by atoms with Gasteiger partial charge in [0.25, 0.3) is 5.91 Å². The lowest BCUT2D eigenvalue weighted by Gasteiger charge is -2.10. The van der Waals surface area contributed by atoms with Crippen molar-refractivity contribution in [3.63, 3.8) is 0 Å². The number of aryl methyl sites for hydroxylation is 1. The van der Waals surface area contributed by atoms with E-state index in [4.69, 9.17) is 4.42 Å². The number of hydrogen-bond acceptors (Lipinski definition) is 5. The van der Waals surface area contributed by atoms with E-state index in [1.54, 1.807) is 19.4 Å². The van der Waals surface area contributed by atoms with Crippen LogP contribution in [0.5, 0.6) is 0 Å². The Balaban J connectivity index is 1.64. The third kappa shape index (κ3) is 2.76. The van der Waals surface area contributed by atoms with Crippen LogP contribution in [0.3, 0.4) is 0 Å². The second-order valence-electron chi connectivity index (χ2n) is 5.53. The van der Waals surface area contributed by atoms with Crippen LogP contribution in [0.1, 0.15) is 21.8 Å². The molecular weight excluding hydrogens is 318 g/mol. The molecule has 0 radical (unpaired) electrons. The molecule has 0 unspecified atom stereocenters. The number of carbonyl (C=O) groups excluding carboxylic acids is 1. The molecule has 0 aliphatic carbocycles. The lowest BCUT2D eigenvalue weighted by molar-refractivity contribution is 0.0945. The minimum absolute atomic E-state index is 0.281. The number of carbonyl (C=O) groups is 1. The van der Waals surface area contributed by atoms with Crippen molar-refractivity contribution in [1.82, 2.24) is 24.8 Å². The number of nitrogens with one attached hydrogen (secondary N) is 1. The molecule has 0 atom stereocenters. The van der Waals surface area contributed by atoms with Gasteiger partial charge in [-0.3, -0.25) is 9.36 Å². The Labute approximate surface area is 143 Å². The van der Waals surface area contributed by atoms with Crippen LogP contribution in [0, 0.1) is 6.92 Å². The van der Waals surface area contributed by atoms with Gasteiger partial charge in [-0.15, -0.1) is 0 Å². The zero-order valence-corrected chi connectivity index (χ0v) is 13.5. The quantitative estimate of drug-likeness (QED) is 0.620. The number of oxazole rings is 1. The zero-order chi connectivity index (χ0) is 17.2. The number of para-hydroxylation sites is 2. The Morgan fingerprint density at radius 2 is 2.04 bits per heavy atom. The molecule has 0 saturated carbocycles. The molecule has 4 rings (SSSR count). The number of nitrogens with zero attached hydrogens (tertiary/aromatic N) is 4. The molecule has 0 fully saturated rings. The molecule has 1 amide bonds. The van der Waals surface area contributed by atoms with Crippen molar-refractivity contribution in [2.75, 3.05) is 0 Å². The van der Waals surface area contributed by atoms with Crippen molar-refractivity contribution in [2.24, 2.45) is 0 Å². The van der Waals surface area contributed by atoms with Crippen LogP contribution in [0.15, 0.2) is 59.7 Å². The summed E-state index contributed by atoms with van der Waals surface area (Å²) in [7, 11) is 0. The van der Waals surface area contributed by atoms with Crippen LogP contribution in [-0.4, -0.2) is 25.4 Å². The van der Waals surface area contributed by atoms with Gasteiger partial charge in [0, 0.05) is 18.3 Å². The molecule has 0 aliphatic rings. The molecule has 0 bridgehead atoms. The number of aromatic nitrogens is 4. The van der Waals surface area contributed by atoms with Gasteiger partial charge >= 0.3 is 0 Å². The van der Waals surface area contributed by atoms with E-state index in [9.17, 15) is 4.79 Å². The molecule has 3 aromatic heterocycles. The monoisotopic (exact) mass is 333 g/mol. The molecule has 25 heavy (non-hydrogen) atoms. The van der Waals surface area contributed by atoms with E-state index >= 15 is 0 Å². The minimum Gasteiger partial charge on any atom is -0.448 e. The molecule has 7 nitrogen and oxygen atoms in total. The van der Waals surface area contributed by atoms with Crippen molar-refractivity contribution < 1.29 is 9.21 Å². The molecule has 7 heteroatoms. The van der Waals surface area contributed by atoms with Gasteiger partial charge in [0.05, 0.1) is 11.0 Å². The number of benzene rings is 1. The Morgan fingerprint density at radius 1 is 1.16 bits per heavy atom. The fourth-order valence-electron chi connectivity index (χ4n) is 2.70. The Kier molecular flexibility index (Phi) is 3.74. The molecule has 0 aliphatic heterocycles. The lowest BCUT2D eigenvalue weighted by Crippen LogP contribution is -2.24. The highest BCUT2D eigenvalue weighted by molar-refractivity contribution is 5.93. The molecule has 3 heterocycles. The van der Waals surface area contributed by atoms with E-state index in [2.05, 4.69) is 20.3 Å². The zero-order valence-electron chi connectivity index (χ0n) is 13.5. The molecule has 0 saturated heterocycles. The van der Waals surface area contributed by atoms with E-state index in [0.717, 1.165) is 22.4 Å². The Hall–Kier alpha value is -3.48. The summed E-state index contributed by atoms with van der Waals surface area (Å²) in [5.41, 5.74) is 3.01. The molecule has 0 spiro atoms. The average molecular weight is 333 g/mol. The molecule has 4 aromatic rings. The maximum Gasteiger partial charge on any atom is 0.273 e. The highest BCUT2D eigenvalue weighted by atomic mass is 16.3. The maximum atomic E-state index is 12.2. The van der Waals surface area contributed by atoms with Crippen LogP contribution < -0.4 is 5.32 Å². The summed E-state index contributed by atoms with van der Waals surface area (Å²) in [4.78, 5) is 25.0. The third-order valence-electron chi connectivity index (χ3n) is 3.95. The van der Waals surface area contributed by atoms with E-state index < -0.39 is 0 Å². The van der Waals surface area contributed by atoms with Crippen LogP contribution >= 0.6 is 0 Å². The van der Waals surface area contributed by atoms with Gasteiger partial charge in [-0.05, 0) is 25.1 Å². The number of amides is 1. The largest absolute Gasteiger partial charge is 0.448 e. The van der Waals surface area contributed by atoms with E-state index in [-0.39, 0.29) is 5.91 Å². The molecule has 1 N–H and O–H groups in total. The fraction of sp³-hybridized carbons (Fsp3) is 0.111. The van der Waals surface area contributed by atoms with Gasteiger partial charge in [-0.25, -0.2) is 15.0 Å². The van der Waals surface area contributed by atoms with Gasteiger partial charge in [0.1, 0.15) is 17.9 Å². The predicted molar refractivity (Wildman–Crippen MR) is 91.3 cm³/mol. The molecule has 124 valence electrons. The number of pyridine rings is 1. The summed E-state index contributed by atoms with van der Waals surface area (Å²) in [5, 5.41) is 2.86. The van der Waals surface area contributed by atoms with Gasteiger partial charge in [-0.2, -0.15) is 0 Å². The Bertz CT molecular complexity index is 1050. The first kappa shape index (κ1) is 15.1. The topological polar surface area (TPSA) is 85.8 Å². The first-order valence-electron chi connectivity index (χ1n) is 7.78. The minimum atomic E-state index is -0.281. The van der Waals surface area contributed by atoms with Crippen LogP contribution in [0.4, 0.5) is 0 Å². The highest BCUT2D eigenvalue weighted by Crippen LogP contribution is 2.19. The standard InChI is InChI=1S/C18H15N5O2/c1-12-16(22-11-25-12)18(24)20-9-13-5-4-8-19-17(13)23-10-21-14-6-2-3-7-15(14)23/h2-8,10-11H,9H2,1H3,(H,20,24). The summed E-state index contributed by atoms with van der Waals surface area (Å²) in [6.07, 6.45) is 4.72. The first-order chi connectivity index (χ1) is 12.2. The van der Waals surface area contributed by atoms with Gasteiger partial charge in [0.2, 0.25) is 0 Å². The van der Waals surface area contributed by atoms with Crippen LogP contribution in [0.25, 0.3) is 16.9 Å². The van der Waals surface area contributed by atoms with Crippen LogP contribution in [-0.2, 0) is 6.54 Å². The molecule has 1 aromatic carbocycles. The number of hydrogen-bond donors (Lipinski definition) is 1. The predicted octanol–water partition coefficient (Wildman–Crippen LogP) is 2.65. The van der Waals surface area contributed by atoms with Gasteiger partial charge in [-0.1, -0.05) is 18.2 Å². The smallest absolute Gasteiger partial charge is 0.273 e. The van der Waals surface area contributed by atoms with Crippen molar-refractivity contribution in [1.29, 1.82) is 0 Å². The van der Waals surface area contributed by atoms with E-state index in [1.165, 1.54) is 6.39 Å². The van der Waals surface area contributed by atoms with Crippen molar-refractivity contribution >= 4 is 16.9 Å². The fourth-order valence-corrected chi connectivity index (χ4v) is 2.70.